The van der Waals surface area contributed by atoms with Gasteiger partial charge in [-0.2, -0.15) is 0 Å². The summed E-state index contributed by atoms with van der Waals surface area (Å²) in [6, 6.07) is 8.32. The standard InChI is InChI=1S/C35H45N4O13PS/c1-34(2,3)51-53(44,52-35(4,5)6)50-13-12-36-54(45,46)22-10-11-23-24(16-22)26(39(42)43)17-27-29(23)21(19-40)18-38(27)33(41)25-14-20-15-28(47-7)31(48-8)32(49-9)30(20)37-25/h10-11,14-17,21,36-37,40H,12-13,18-19H2,1-9H3. The summed E-state index contributed by atoms with van der Waals surface area (Å²) < 4.78 is 75.5. The zero-order valence-corrected chi connectivity index (χ0v) is 33.2. The number of phosphoric ester groups is 1. The number of nitrogens with zero attached hydrogens (tertiary/aromatic N) is 2. The fraction of sp³-hybridized carbons (Fsp3) is 0.457. The first-order valence-corrected chi connectivity index (χ1v) is 19.8. The molecular formula is C35H45N4O13PS. The molecule has 294 valence electrons. The van der Waals surface area contributed by atoms with Gasteiger partial charge in [-0.15, -0.1) is 0 Å². The van der Waals surface area contributed by atoms with E-state index in [1.807, 2.05) is 0 Å². The van der Waals surface area contributed by atoms with Gasteiger partial charge in [0, 0.05) is 30.5 Å². The number of nitro groups is 1. The summed E-state index contributed by atoms with van der Waals surface area (Å²) in [5, 5.41) is 23.7. The van der Waals surface area contributed by atoms with Crippen molar-refractivity contribution in [3.63, 3.8) is 0 Å². The quantitative estimate of drug-likeness (QED) is 0.0576. The Morgan fingerprint density at radius 1 is 1.00 bits per heavy atom. The molecular weight excluding hydrogens is 747 g/mol. The Morgan fingerprint density at radius 2 is 1.65 bits per heavy atom. The highest BCUT2D eigenvalue weighted by Gasteiger charge is 2.39. The minimum atomic E-state index is -4.27. The van der Waals surface area contributed by atoms with Crippen LogP contribution in [0.15, 0.2) is 41.3 Å². The molecule has 0 aliphatic carbocycles. The number of rotatable bonds is 14. The lowest BCUT2D eigenvalue weighted by molar-refractivity contribution is -0.383. The van der Waals surface area contributed by atoms with Gasteiger partial charge in [0.1, 0.15) is 5.69 Å². The van der Waals surface area contributed by atoms with Gasteiger partial charge in [0.25, 0.3) is 11.6 Å². The molecule has 0 radical (unpaired) electrons. The van der Waals surface area contributed by atoms with Crippen LogP contribution in [0.5, 0.6) is 17.2 Å². The smallest absolute Gasteiger partial charge is 0.475 e. The van der Waals surface area contributed by atoms with Crippen LogP contribution < -0.4 is 23.8 Å². The molecule has 4 aromatic rings. The Balaban J connectivity index is 1.47. The van der Waals surface area contributed by atoms with Crippen molar-refractivity contribution in [3.05, 3.63) is 57.8 Å². The van der Waals surface area contributed by atoms with Crippen LogP contribution in [0.3, 0.4) is 0 Å². The van der Waals surface area contributed by atoms with Crippen molar-refractivity contribution < 1.29 is 55.6 Å². The van der Waals surface area contributed by atoms with Crippen LogP contribution in [-0.4, -0.2) is 88.2 Å². The van der Waals surface area contributed by atoms with Crippen LogP contribution in [-0.2, 0) is 28.2 Å². The molecule has 3 aromatic carbocycles. The summed E-state index contributed by atoms with van der Waals surface area (Å²) in [5.74, 6) is -0.187. The van der Waals surface area contributed by atoms with Crippen LogP contribution in [0.1, 0.15) is 63.5 Å². The monoisotopic (exact) mass is 792 g/mol. The maximum Gasteiger partial charge on any atom is 0.475 e. The lowest BCUT2D eigenvalue weighted by atomic mass is 9.94. The SMILES string of the molecule is COc1cc2cc(C(=O)N3CC(CO)c4c3cc([N+](=O)[O-])c3cc(S(=O)(=O)NCCOP(=O)(OC(C)(C)C)OC(C)(C)C)ccc43)[nH]c2c(OC)c1OC. The number of sulfonamides is 1. The lowest BCUT2D eigenvalue weighted by Gasteiger charge is -2.30. The van der Waals surface area contributed by atoms with E-state index in [1.54, 1.807) is 53.7 Å². The van der Waals surface area contributed by atoms with Gasteiger partial charge in [-0.3, -0.25) is 28.5 Å². The molecule has 1 aromatic heterocycles. The van der Waals surface area contributed by atoms with E-state index >= 15 is 0 Å². The van der Waals surface area contributed by atoms with E-state index in [-0.39, 0.29) is 41.4 Å². The highest BCUT2D eigenvalue weighted by Crippen LogP contribution is 2.55. The van der Waals surface area contributed by atoms with Crippen molar-refractivity contribution >= 4 is 56.8 Å². The first kappa shape index (κ1) is 40.9. The molecule has 1 atom stereocenters. The Kier molecular flexibility index (Phi) is 11.4. The topological polar surface area (TPSA) is 218 Å². The molecule has 0 saturated heterocycles. The molecule has 1 unspecified atom stereocenters. The number of aliphatic hydroxyl groups excluding tert-OH is 1. The number of fused-ring (bicyclic) bond motifs is 4. The van der Waals surface area contributed by atoms with Gasteiger partial charge in [0.15, 0.2) is 11.5 Å². The molecule has 1 aliphatic heterocycles. The van der Waals surface area contributed by atoms with Crippen molar-refractivity contribution in [3.8, 4) is 17.2 Å². The molecule has 3 N–H and O–H groups in total. The van der Waals surface area contributed by atoms with E-state index in [1.165, 1.54) is 44.4 Å². The fourth-order valence-electron chi connectivity index (χ4n) is 6.28. The van der Waals surface area contributed by atoms with Gasteiger partial charge in [-0.1, -0.05) is 6.07 Å². The first-order valence-electron chi connectivity index (χ1n) is 16.8. The second-order valence-corrected chi connectivity index (χ2v) is 17.8. The highest BCUT2D eigenvalue weighted by atomic mass is 32.2. The number of carbonyl (C=O) groups is 1. The summed E-state index contributed by atoms with van der Waals surface area (Å²) in [6.45, 7) is 8.88. The van der Waals surface area contributed by atoms with Crippen LogP contribution >= 0.6 is 7.82 Å². The summed E-state index contributed by atoms with van der Waals surface area (Å²) >= 11 is 0. The zero-order chi connectivity index (χ0) is 40.0. The van der Waals surface area contributed by atoms with Crippen molar-refractivity contribution in [1.29, 1.82) is 0 Å². The summed E-state index contributed by atoms with van der Waals surface area (Å²) in [6.07, 6.45) is 0. The van der Waals surface area contributed by atoms with Gasteiger partial charge in [-0.25, -0.2) is 17.7 Å². The van der Waals surface area contributed by atoms with Crippen molar-refractivity contribution in [1.82, 2.24) is 9.71 Å². The maximum atomic E-state index is 14.1. The van der Waals surface area contributed by atoms with E-state index in [2.05, 4.69) is 9.71 Å². The number of aliphatic hydroxyl groups is 1. The van der Waals surface area contributed by atoms with Gasteiger partial charge in [-0.05, 0) is 76.8 Å². The van der Waals surface area contributed by atoms with E-state index in [0.717, 1.165) is 6.07 Å². The number of anilines is 1. The Labute approximate surface area is 312 Å². The molecule has 17 nitrogen and oxygen atoms in total. The van der Waals surface area contributed by atoms with Crippen molar-refractivity contribution in [2.45, 2.75) is 63.6 Å². The summed E-state index contributed by atoms with van der Waals surface area (Å²) in [7, 11) is -4.02. The van der Waals surface area contributed by atoms with E-state index in [0.29, 0.717) is 39.1 Å². The van der Waals surface area contributed by atoms with Crippen LogP contribution in [0.25, 0.3) is 21.7 Å². The summed E-state index contributed by atoms with van der Waals surface area (Å²) in [5.41, 5.74) is -1.00. The number of amides is 1. The van der Waals surface area contributed by atoms with Crippen LogP contribution in [0, 0.1) is 10.1 Å². The molecule has 0 fully saturated rings. The van der Waals surface area contributed by atoms with E-state index in [4.69, 9.17) is 27.8 Å². The lowest BCUT2D eigenvalue weighted by Crippen LogP contribution is -2.30. The number of H-pyrrole nitrogens is 1. The third-order valence-electron chi connectivity index (χ3n) is 8.25. The second kappa shape index (κ2) is 15.1. The average Bonchev–Trinajstić information content (AvgIpc) is 3.68. The number of methoxy groups -OCH3 is 3. The second-order valence-electron chi connectivity index (χ2n) is 14.5. The number of hydrogen-bond donors (Lipinski definition) is 3. The molecule has 2 heterocycles. The third kappa shape index (κ3) is 8.34. The number of ether oxygens (including phenoxy) is 3. The number of aromatic amines is 1. The molecule has 19 heteroatoms. The number of hydrogen-bond acceptors (Lipinski definition) is 13. The van der Waals surface area contributed by atoms with E-state index in [9.17, 15) is 33.0 Å². The minimum absolute atomic E-state index is 0.0105. The van der Waals surface area contributed by atoms with Gasteiger partial charge < -0.3 is 29.2 Å². The normalized spacial score (nSPS) is 15.1. The Bertz CT molecular complexity index is 2240. The van der Waals surface area contributed by atoms with Crippen molar-refractivity contribution in [2.75, 3.05) is 52.5 Å². The first-order chi connectivity index (χ1) is 25.2. The molecule has 5 rings (SSSR count). The predicted octanol–water partition coefficient (Wildman–Crippen LogP) is 6.02. The molecule has 0 saturated carbocycles. The van der Waals surface area contributed by atoms with Crippen LogP contribution in [0.2, 0.25) is 0 Å². The molecule has 1 amide bonds. The number of non-ortho nitro benzene ring substituents is 1. The zero-order valence-electron chi connectivity index (χ0n) is 31.5. The number of nitro benzene ring substituents is 1. The highest BCUT2D eigenvalue weighted by molar-refractivity contribution is 7.89. The number of phosphoric acid groups is 1. The predicted molar refractivity (Wildman–Crippen MR) is 200 cm³/mol. The number of nitrogens with one attached hydrogen (secondary N) is 2. The minimum Gasteiger partial charge on any atom is -0.493 e. The van der Waals surface area contributed by atoms with Gasteiger partial charge >= 0.3 is 7.82 Å². The molecule has 0 bridgehead atoms. The number of aromatic nitrogens is 1. The number of carbonyl (C=O) groups excluding carboxylic acids is 1. The molecule has 0 spiro atoms. The van der Waals surface area contributed by atoms with Gasteiger partial charge in [0.2, 0.25) is 15.8 Å². The summed E-state index contributed by atoms with van der Waals surface area (Å²) in [4.78, 5) is 30.0. The maximum absolute atomic E-state index is 14.1. The molecule has 1 aliphatic rings. The Hall–Kier alpha value is -4.29. The number of benzene rings is 3. The van der Waals surface area contributed by atoms with Crippen LogP contribution in [0.4, 0.5) is 11.4 Å². The van der Waals surface area contributed by atoms with Gasteiger partial charge in [0.05, 0.1) is 72.2 Å². The average molecular weight is 793 g/mol. The van der Waals surface area contributed by atoms with Crippen molar-refractivity contribution in [2.24, 2.45) is 0 Å². The fourth-order valence-corrected chi connectivity index (χ4v) is 9.12. The third-order valence-corrected chi connectivity index (χ3v) is 11.7. The largest absolute Gasteiger partial charge is 0.493 e. The molecule has 54 heavy (non-hydrogen) atoms. The van der Waals surface area contributed by atoms with E-state index < -0.39 is 58.1 Å². The Morgan fingerprint density at radius 3 is 2.20 bits per heavy atom.